The van der Waals surface area contributed by atoms with Gasteiger partial charge in [0.1, 0.15) is 0 Å². The number of fused-ring (bicyclic) bond motifs is 2. The van der Waals surface area contributed by atoms with Gasteiger partial charge in [0.05, 0.1) is 0 Å². The standard InChI is InChI=1S/C16H13.C8H6BrS.2ClH.Zr/c1-12-10-14-8-5-9-15(16(14)11-12)13-6-3-2-4-7-13;1-5-2-6-7(9)4-10-8(6)3-5;;;/h2-11H,1H3;2-3,8H,1H3;2*1H;/q2*-1;;;+4/p-2. The molecule has 3 aromatic rings. The van der Waals surface area contributed by atoms with Gasteiger partial charge in [-0.2, -0.15) is 17.0 Å². The first-order valence-corrected chi connectivity index (χ1v) is 10.3. The Balaban J connectivity index is 0.000000285. The van der Waals surface area contributed by atoms with Crippen molar-refractivity contribution in [3.63, 3.8) is 0 Å². The summed E-state index contributed by atoms with van der Waals surface area (Å²) in [5.74, 6) is 0. The van der Waals surface area contributed by atoms with Gasteiger partial charge in [0.25, 0.3) is 0 Å². The van der Waals surface area contributed by atoms with Crippen molar-refractivity contribution in [2.24, 2.45) is 0 Å². The van der Waals surface area contributed by atoms with E-state index in [1.165, 1.54) is 38.6 Å². The van der Waals surface area contributed by atoms with E-state index in [-0.39, 0.29) is 51.0 Å². The van der Waals surface area contributed by atoms with Crippen LogP contribution in [0.4, 0.5) is 0 Å². The van der Waals surface area contributed by atoms with Gasteiger partial charge >= 0.3 is 26.2 Å². The van der Waals surface area contributed by atoms with E-state index in [1.807, 2.05) is 0 Å². The van der Waals surface area contributed by atoms with Gasteiger partial charge in [-0.1, -0.05) is 76.5 Å². The molecular formula is C24H19BrCl2SZr. The van der Waals surface area contributed by atoms with Crippen molar-refractivity contribution in [3.05, 3.63) is 99.4 Å². The maximum absolute atomic E-state index is 3.46. The minimum Gasteiger partial charge on any atom is -1.00 e. The van der Waals surface area contributed by atoms with E-state index in [0.717, 1.165) is 4.48 Å². The van der Waals surface area contributed by atoms with Crippen LogP contribution in [0.2, 0.25) is 0 Å². The summed E-state index contributed by atoms with van der Waals surface area (Å²) in [6.07, 6.45) is 4.48. The van der Waals surface area contributed by atoms with Crippen LogP contribution in [0.15, 0.2) is 88.4 Å². The molecule has 0 nitrogen and oxygen atoms in total. The topological polar surface area (TPSA) is 0 Å². The van der Waals surface area contributed by atoms with E-state index in [2.05, 4.69) is 108 Å². The Hall–Kier alpha value is -0.437. The normalized spacial score (nSPS) is 16.1. The van der Waals surface area contributed by atoms with Gasteiger partial charge < -0.3 is 24.8 Å². The molecule has 1 atom stereocenters. The molecule has 0 bridgehead atoms. The van der Waals surface area contributed by atoms with Gasteiger partial charge in [-0.05, 0) is 17.7 Å². The van der Waals surface area contributed by atoms with Crippen molar-refractivity contribution in [2.75, 3.05) is 0 Å². The van der Waals surface area contributed by atoms with Crippen molar-refractivity contribution < 1.29 is 51.0 Å². The average molecular weight is 582 g/mol. The molecule has 1 aliphatic carbocycles. The smallest absolute Gasteiger partial charge is 1.00 e. The summed E-state index contributed by atoms with van der Waals surface area (Å²) in [5, 5.41) is 6.41. The Labute approximate surface area is 217 Å². The zero-order valence-electron chi connectivity index (χ0n) is 16.0. The van der Waals surface area contributed by atoms with Crippen LogP contribution in [0.25, 0.3) is 21.9 Å². The molecule has 0 saturated carbocycles. The van der Waals surface area contributed by atoms with E-state index in [4.69, 9.17) is 0 Å². The Morgan fingerprint density at radius 1 is 1.00 bits per heavy atom. The summed E-state index contributed by atoms with van der Waals surface area (Å²) in [6, 6.07) is 21.6. The van der Waals surface area contributed by atoms with Crippen LogP contribution >= 0.6 is 27.7 Å². The molecule has 1 unspecified atom stereocenters. The van der Waals surface area contributed by atoms with Crippen molar-refractivity contribution >= 4 is 38.5 Å². The number of benzene rings is 2. The molecule has 5 rings (SSSR count). The summed E-state index contributed by atoms with van der Waals surface area (Å²) in [4.78, 5) is 0. The molecule has 146 valence electrons. The molecule has 2 aliphatic rings. The van der Waals surface area contributed by atoms with Gasteiger partial charge in [-0.3, -0.25) is 11.8 Å². The fraction of sp³-hybridized carbons (Fsp3) is 0.125. The fourth-order valence-corrected chi connectivity index (χ4v) is 5.15. The van der Waals surface area contributed by atoms with E-state index in [1.54, 1.807) is 11.8 Å². The molecule has 5 heteroatoms. The van der Waals surface area contributed by atoms with Crippen molar-refractivity contribution in [1.82, 2.24) is 0 Å². The molecule has 0 saturated heterocycles. The second-order valence-corrected chi connectivity index (χ2v) is 8.41. The predicted molar refractivity (Wildman–Crippen MR) is 119 cm³/mol. The molecule has 1 heterocycles. The Kier molecular flexibility index (Phi) is 10.8. The van der Waals surface area contributed by atoms with E-state index >= 15 is 0 Å². The van der Waals surface area contributed by atoms with E-state index in [9.17, 15) is 0 Å². The van der Waals surface area contributed by atoms with Crippen LogP contribution in [0.1, 0.15) is 12.5 Å². The number of halogens is 3. The molecular weight excluding hydrogens is 562 g/mol. The predicted octanol–water partition coefficient (Wildman–Crippen LogP) is 1.57. The van der Waals surface area contributed by atoms with E-state index < -0.39 is 0 Å². The molecule has 1 aliphatic heterocycles. The number of hydrogen-bond acceptors (Lipinski definition) is 1. The SMILES string of the molecule is CC1=CC2S[C-]=C(Br)C2=C1.Cc1cc2c(-c3ccccc3)cccc2[cH-]1.[Cl-].[Cl-].[Zr+4]. The van der Waals surface area contributed by atoms with Gasteiger partial charge in [0, 0.05) is 0 Å². The third-order valence-corrected chi connectivity index (χ3v) is 6.50. The van der Waals surface area contributed by atoms with Crippen molar-refractivity contribution in [1.29, 1.82) is 0 Å². The first-order valence-electron chi connectivity index (χ1n) is 8.68. The van der Waals surface area contributed by atoms with Crippen LogP contribution in [0, 0.1) is 12.3 Å². The maximum atomic E-state index is 3.46. The van der Waals surface area contributed by atoms with Gasteiger partial charge in [0.15, 0.2) is 0 Å². The average Bonchev–Trinajstić information content (AvgIpc) is 3.30. The Morgan fingerprint density at radius 2 is 1.72 bits per heavy atom. The van der Waals surface area contributed by atoms with Gasteiger partial charge in [-0.25, -0.2) is 0 Å². The van der Waals surface area contributed by atoms with Crippen LogP contribution in [0.3, 0.4) is 0 Å². The van der Waals surface area contributed by atoms with Crippen molar-refractivity contribution in [2.45, 2.75) is 19.1 Å². The van der Waals surface area contributed by atoms with Crippen molar-refractivity contribution in [3.8, 4) is 11.1 Å². The number of allylic oxidation sites excluding steroid dienone is 3. The largest absolute Gasteiger partial charge is 4.00 e. The van der Waals surface area contributed by atoms with Crippen LogP contribution in [-0.4, -0.2) is 5.25 Å². The zero-order chi connectivity index (χ0) is 18.1. The van der Waals surface area contributed by atoms with E-state index in [0.29, 0.717) is 5.25 Å². The molecule has 3 aromatic carbocycles. The monoisotopic (exact) mass is 578 g/mol. The third kappa shape index (κ3) is 6.05. The Morgan fingerprint density at radius 3 is 2.41 bits per heavy atom. The number of rotatable bonds is 1. The Bertz CT molecular complexity index is 1050. The number of thioether (sulfide) groups is 1. The minimum atomic E-state index is 0. The summed E-state index contributed by atoms with van der Waals surface area (Å²) >= 11 is 5.20. The first-order chi connectivity index (χ1) is 12.6. The first kappa shape index (κ1) is 26.6. The number of hydrogen-bond donors (Lipinski definition) is 0. The van der Waals surface area contributed by atoms with Crippen LogP contribution < -0.4 is 24.8 Å². The molecule has 0 spiro atoms. The molecule has 0 fully saturated rings. The summed E-state index contributed by atoms with van der Waals surface area (Å²) < 4.78 is 1.13. The molecule has 0 aromatic heterocycles. The van der Waals surface area contributed by atoms with Crippen LogP contribution in [0.5, 0.6) is 0 Å². The minimum absolute atomic E-state index is 0. The summed E-state index contributed by atoms with van der Waals surface area (Å²) in [5.41, 5.74) is 6.69. The van der Waals surface area contributed by atoms with Gasteiger partial charge in [0.2, 0.25) is 0 Å². The molecule has 0 amide bonds. The zero-order valence-corrected chi connectivity index (χ0v) is 22.4. The molecule has 29 heavy (non-hydrogen) atoms. The maximum Gasteiger partial charge on any atom is 4.00 e. The quantitative estimate of drug-likeness (QED) is 0.394. The second-order valence-electron chi connectivity index (χ2n) is 6.67. The molecule has 0 radical (unpaired) electrons. The third-order valence-electron chi connectivity index (χ3n) is 4.61. The molecule has 0 N–H and O–H groups in total. The number of aryl methyl sites for hydroxylation is 1. The second kappa shape index (κ2) is 11.8. The summed E-state index contributed by atoms with van der Waals surface area (Å²) in [7, 11) is 0. The van der Waals surface area contributed by atoms with Crippen LogP contribution in [-0.2, 0) is 26.2 Å². The summed E-state index contributed by atoms with van der Waals surface area (Å²) in [6.45, 7) is 4.28. The van der Waals surface area contributed by atoms with Gasteiger partial charge in [-0.15, -0.1) is 45.1 Å². The fourth-order valence-electron chi connectivity index (χ4n) is 3.42.